The van der Waals surface area contributed by atoms with E-state index in [9.17, 15) is 4.79 Å². The van der Waals surface area contributed by atoms with E-state index in [1.165, 1.54) is 11.8 Å². The average molecular weight is 213 g/mol. The minimum Gasteiger partial charge on any atom is -0.465 e. The molecular formula is C8H11N3O2S. The SMILES string of the molecule is CCOC(=O)CSc1nccc(N)n1. The number of aromatic nitrogens is 2. The Morgan fingerprint density at radius 1 is 1.71 bits per heavy atom. The lowest BCUT2D eigenvalue weighted by molar-refractivity contribution is -0.139. The summed E-state index contributed by atoms with van der Waals surface area (Å²) < 4.78 is 4.75. The molecule has 0 radical (unpaired) electrons. The molecular weight excluding hydrogens is 202 g/mol. The molecule has 0 aromatic carbocycles. The van der Waals surface area contributed by atoms with Crippen LogP contribution in [0.25, 0.3) is 0 Å². The van der Waals surface area contributed by atoms with Crippen molar-refractivity contribution < 1.29 is 9.53 Å². The second kappa shape index (κ2) is 5.43. The number of carbonyl (C=O) groups is 1. The molecule has 0 bridgehead atoms. The molecule has 0 fully saturated rings. The van der Waals surface area contributed by atoms with Gasteiger partial charge in [-0.2, -0.15) is 0 Å². The fraction of sp³-hybridized carbons (Fsp3) is 0.375. The van der Waals surface area contributed by atoms with Crippen LogP contribution in [0.4, 0.5) is 5.82 Å². The molecule has 2 N–H and O–H groups in total. The third kappa shape index (κ3) is 3.61. The Hall–Kier alpha value is -1.30. The number of carbonyl (C=O) groups excluding carboxylic acids is 1. The standard InChI is InChI=1S/C8H11N3O2S/c1-2-13-7(12)5-14-8-10-4-3-6(9)11-8/h3-4H,2,5H2,1H3,(H2,9,10,11). The van der Waals surface area contributed by atoms with Crippen molar-refractivity contribution in [2.75, 3.05) is 18.1 Å². The molecule has 5 nitrogen and oxygen atoms in total. The van der Waals surface area contributed by atoms with Crippen molar-refractivity contribution >= 4 is 23.5 Å². The molecule has 0 atom stereocenters. The smallest absolute Gasteiger partial charge is 0.316 e. The van der Waals surface area contributed by atoms with E-state index in [1.54, 1.807) is 19.2 Å². The van der Waals surface area contributed by atoms with Crippen LogP contribution in [0.5, 0.6) is 0 Å². The van der Waals surface area contributed by atoms with Gasteiger partial charge in [-0.05, 0) is 13.0 Å². The number of nitrogens with two attached hydrogens (primary N) is 1. The van der Waals surface area contributed by atoms with Crippen LogP contribution in [0.2, 0.25) is 0 Å². The van der Waals surface area contributed by atoms with E-state index in [1.807, 2.05) is 0 Å². The summed E-state index contributed by atoms with van der Waals surface area (Å²) in [5, 5.41) is 0.484. The van der Waals surface area contributed by atoms with Crippen molar-refractivity contribution in [3.63, 3.8) is 0 Å². The summed E-state index contributed by atoms with van der Waals surface area (Å²) in [5.74, 6) is 0.326. The van der Waals surface area contributed by atoms with Crippen molar-refractivity contribution in [3.8, 4) is 0 Å². The van der Waals surface area contributed by atoms with Crippen LogP contribution in [-0.2, 0) is 9.53 Å². The van der Waals surface area contributed by atoms with Crippen molar-refractivity contribution in [2.24, 2.45) is 0 Å². The van der Waals surface area contributed by atoms with Crippen molar-refractivity contribution in [1.82, 2.24) is 9.97 Å². The van der Waals surface area contributed by atoms with Gasteiger partial charge in [-0.1, -0.05) is 11.8 Å². The van der Waals surface area contributed by atoms with Gasteiger partial charge in [0.05, 0.1) is 12.4 Å². The molecule has 1 aromatic rings. The van der Waals surface area contributed by atoms with Crippen LogP contribution in [0, 0.1) is 0 Å². The van der Waals surface area contributed by atoms with Crippen LogP contribution in [0.1, 0.15) is 6.92 Å². The summed E-state index contributed by atoms with van der Waals surface area (Å²) >= 11 is 1.21. The maximum Gasteiger partial charge on any atom is 0.316 e. The van der Waals surface area contributed by atoms with Gasteiger partial charge < -0.3 is 10.5 Å². The van der Waals surface area contributed by atoms with E-state index in [2.05, 4.69) is 9.97 Å². The normalized spacial score (nSPS) is 9.79. The Balaban J connectivity index is 2.41. The highest BCUT2D eigenvalue weighted by Gasteiger charge is 2.04. The van der Waals surface area contributed by atoms with Gasteiger partial charge in [0.1, 0.15) is 5.82 Å². The third-order valence-corrected chi connectivity index (χ3v) is 2.11. The Bertz CT molecular complexity index is 319. The Morgan fingerprint density at radius 2 is 2.50 bits per heavy atom. The summed E-state index contributed by atoms with van der Waals surface area (Å²) in [6.07, 6.45) is 1.55. The number of rotatable bonds is 4. The van der Waals surface area contributed by atoms with Crippen LogP contribution in [0.3, 0.4) is 0 Å². The number of esters is 1. The first-order valence-corrected chi connectivity index (χ1v) is 5.08. The second-order valence-corrected chi connectivity index (χ2v) is 3.30. The second-order valence-electron chi connectivity index (χ2n) is 2.36. The number of ether oxygens (including phenoxy) is 1. The first-order valence-electron chi connectivity index (χ1n) is 4.09. The molecule has 1 rings (SSSR count). The van der Waals surface area contributed by atoms with Crippen molar-refractivity contribution in [1.29, 1.82) is 0 Å². The van der Waals surface area contributed by atoms with E-state index >= 15 is 0 Å². The molecule has 0 aliphatic carbocycles. The summed E-state index contributed by atoms with van der Waals surface area (Å²) in [5.41, 5.74) is 5.44. The summed E-state index contributed by atoms with van der Waals surface area (Å²) in [6.45, 7) is 2.15. The molecule has 0 saturated heterocycles. The molecule has 0 aliphatic heterocycles. The first kappa shape index (κ1) is 10.8. The lowest BCUT2D eigenvalue weighted by atomic mass is 10.6. The van der Waals surface area contributed by atoms with Gasteiger partial charge in [0, 0.05) is 6.20 Å². The topological polar surface area (TPSA) is 78.1 Å². The number of thioether (sulfide) groups is 1. The Kier molecular flexibility index (Phi) is 4.18. The summed E-state index contributed by atoms with van der Waals surface area (Å²) in [4.78, 5) is 18.8. The lowest BCUT2D eigenvalue weighted by Gasteiger charge is -2.00. The van der Waals surface area contributed by atoms with E-state index in [0.29, 0.717) is 17.6 Å². The number of hydrogen-bond acceptors (Lipinski definition) is 6. The van der Waals surface area contributed by atoms with E-state index in [-0.39, 0.29) is 11.7 Å². The highest BCUT2D eigenvalue weighted by Crippen LogP contribution is 2.12. The van der Waals surface area contributed by atoms with Crippen molar-refractivity contribution in [2.45, 2.75) is 12.1 Å². The maximum atomic E-state index is 11.0. The van der Waals surface area contributed by atoms with Gasteiger partial charge >= 0.3 is 5.97 Å². The molecule has 0 saturated carbocycles. The maximum absolute atomic E-state index is 11.0. The van der Waals surface area contributed by atoms with Crippen LogP contribution in [0.15, 0.2) is 17.4 Å². The largest absolute Gasteiger partial charge is 0.465 e. The van der Waals surface area contributed by atoms with Crippen LogP contribution < -0.4 is 5.73 Å². The number of nitrogens with zero attached hydrogens (tertiary/aromatic N) is 2. The summed E-state index contributed by atoms with van der Waals surface area (Å²) in [7, 11) is 0. The van der Waals surface area contributed by atoms with Crippen molar-refractivity contribution in [3.05, 3.63) is 12.3 Å². The number of nitrogen functional groups attached to an aromatic ring is 1. The van der Waals surface area contributed by atoms with Gasteiger partial charge in [-0.15, -0.1) is 0 Å². The molecule has 1 heterocycles. The molecule has 76 valence electrons. The van der Waals surface area contributed by atoms with Crippen LogP contribution >= 0.6 is 11.8 Å². The minimum absolute atomic E-state index is 0.206. The minimum atomic E-state index is -0.275. The van der Waals surface area contributed by atoms with E-state index in [0.717, 1.165) is 0 Å². The predicted molar refractivity (Wildman–Crippen MR) is 53.8 cm³/mol. The lowest BCUT2D eigenvalue weighted by Crippen LogP contribution is -2.07. The molecule has 14 heavy (non-hydrogen) atoms. The predicted octanol–water partition coefficient (Wildman–Crippen LogP) is 0.714. The van der Waals surface area contributed by atoms with Gasteiger partial charge in [0.15, 0.2) is 5.16 Å². The average Bonchev–Trinajstić information content (AvgIpc) is 2.15. The monoisotopic (exact) mass is 213 g/mol. The van der Waals surface area contributed by atoms with Gasteiger partial charge in [0.2, 0.25) is 0 Å². The third-order valence-electron chi connectivity index (χ3n) is 1.28. The molecule has 6 heteroatoms. The zero-order valence-corrected chi connectivity index (χ0v) is 8.58. The fourth-order valence-electron chi connectivity index (χ4n) is 0.750. The quantitative estimate of drug-likeness (QED) is 0.451. The molecule has 0 amide bonds. The van der Waals surface area contributed by atoms with Gasteiger partial charge in [0.25, 0.3) is 0 Å². The van der Waals surface area contributed by atoms with E-state index < -0.39 is 0 Å². The molecule has 0 unspecified atom stereocenters. The Labute approximate surface area is 86.1 Å². The van der Waals surface area contributed by atoms with Crippen LogP contribution in [-0.4, -0.2) is 28.3 Å². The summed E-state index contributed by atoms with van der Waals surface area (Å²) in [6, 6.07) is 1.59. The highest BCUT2D eigenvalue weighted by molar-refractivity contribution is 7.99. The number of hydrogen-bond donors (Lipinski definition) is 1. The van der Waals surface area contributed by atoms with Gasteiger partial charge in [-0.25, -0.2) is 9.97 Å². The van der Waals surface area contributed by atoms with E-state index in [4.69, 9.17) is 10.5 Å². The molecule has 0 spiro atoms. The highest BCUT2D eigenvalue weighted by atomic mass is 32.2. The fourth-order valence-corrected chi connectivity index (χ4v) is 1.39. The molecule has 1 aromatic heterocycles. The van der Waals surface area contributed by atoms with Gasteiger partial charge in [-0.3, -0.25) is 4.79 Å². The zero-order chi connectivity index (χ0) is 10.4. The number of anilines is 1. The first-order chi connectivity index (χ1) is 6.72. The zero-order valence-electron chi connectivity index (χ0n) is 7.77. The molecule has 0 aliphatic rings. The Morgan fingerprint density at radius 3 is 3.14 bits per heavy atom.